The van der Waals surface area contributed by atoms with Gasteiger partial charge in [-0.15, -0.1) is 11.8 Å². The molecule has 0 saturated heterocycles. The average molecular weight is 338 g/mol. The first kappa shape index (κ1) is 15.3. The number of benzene rings is 1. The molecule has 0 radical (unpaired) electrons. The summed E-state index contributed by atoms with van der Waals surface area (Å²) in [6.45, 7) is 0.526. The van der Waals surface area contributed by atoms with E-state index in [4.69, 9.17) is 9.47 Å². The molecule has 0 atom stereocenters. The highest BCUT2D eigenvalue weighted by molar-refractivity contribution is 8.00. The minimum absolute atomic E-state index is 0.513. The first-order valence-electron chi connectivity index (χ1n) is 7.99. The molecule has 0 bridgehead atoms. The molecule has 1 aliphatic carbocycles. The van der Waals surface area contributed by atoms with Crippen LogP contribution >= 0.6 is 11.8 Å². The maximum Gasteiger partial charge on any atom is 0.240 e. The lowest BCUT2D eigenvalue weighted by molar-refractivity contribution is 0.309. The van der Waals surface area contributed by atoms with E-state index in [9.17, 15) is 0 Å². The van der Waals surface area contributed by atoms with Crippen molar-refractivity contribution >= 4 is 22.7 Å². The van der Waals surface area contributed by atoms with E-state index in [0.717, 1.165) is 21.9 Å². The number of hydrogen-bond donors (Lipinski definition) is 0. The molecule has 122 valence electrons. The van der Waals surface area contributed by atoms with Gasteiger partial charge in [-0.3, -0.25) is 4.98 Å². The van der Waals surface area contributed by atoms with Crippen LogP contribution in [0.4, 0.5) is 0 Å². The molecular weight excluding hydrogens is 320 g/mol. The fourth-order valence-electron chi connectivity index (χ4n) is 2.51. The van der Waals surface area contributed by atoms with Crippen LogP contribution in [0.15, 0.2) is 53.7 Å². The smallest absolute Gasteiger partial charge is 0.240 e. The standard InChI is InChI=1S/C19H18N2O2S/c1-22-19-18-16(8-10-21-19)17(9-11-20-18)23-12-13-2-4-14(5-3-13)24-15-6-7-15/h2-5,8-11,15H,6-7,12H2,1H3. The molecule has 1 aliphatic rings. The lowest BCUT2D eigenvalue weighted by Gasteiger charge is -2.10. The van der Waals surface area contributed by atoms with E-state index < -0.39 is 0 Å². The zero-order chi connectivity index (χ0) is 16.4. The van der Waals surface area contributed by atoms with Gasteiger partial charge in [-0.1, -0.05) is 12.1 Å². The van der Waals surface area contributed by atoms with Gasteiger partial charge in [0.25, 0.3) is 0 Å². The van der Waals surface area contributed by atoms with Crippen LogP contribution in [0.2, 0.25) is 0 Å². The maximum absolute atomic E-state index is 6.01. The predicted molar refractivity (Wildman–Crippen MR) is 95.7 cm³/mol. The summed E-state index contributed by atoms with van der Waals surface area (Å²) in [4.78, 5) is 9.86. The third kappa shape index (κ3) is 3.31. The van der Waals surface area contributed by atoms with Crippen molar-refractivity contribution in [1.82, 2.24) is 9.97 Å². The fraction of sp³-hybridized carbons (Fsp3) is 0.263. The number of thioether (sulfide) groups is 1. The fourth-order valence-corrected chi connectivity index (χ4v) is 3.56. The van der Waals surface area contributed by atoms with Gasteiger partial charge in [-0.05, 0) is 42.7 Å². The summed E-state index contributed by atoms with van der Waals surface area (Å²) in [6.07, 6.45) is 6.13. The first-order chi connectivity index (χ1) is 11.8. The summed E-state index contributed by atoms with van der Waals surface area (Å²) in [5, 5.41) is 1.74. The molecule has 0 spiro atoms. The van der Waals surface area contributed by atoms with Crippen molar-refractivity contribution in [3.63, 3.8) is 0 Å². The van der Waals surface area contributed by atoms with Crippen LogP contribution in [0.1, 0.15) is 18.4 Å². The predicted octanol–water partition coefficient (Wildman–Crippen LogP) is 4.47. The molecule has 0 unspecified atom stereocenters. The summed E-state index contributed by atoms with van der Waals surface area (Å²) >= 11 is 1.97. The van der Waals surface area contributed by atoms with Gasteiger partial charge < -0.3 is 9.47 Å². The van der Waals surface area contributed by atoms with Gasteiger partial charge in [-0.2, -0.15) is 0 Å². The van der Waals surface area contributed by atoms with Crippen LogP contribution < -0.4 is 9.47 Å². The number of ether oxygens (including phenoxy) is 2. The number of methoxy groups -OCH3 is 1. The summed E-state index contributed by atoms with van der Waals surface area (Å²) in [5.41, 5.74) is 1.87. The third-order valence-corrected chi connectivity index (χ3v) is 5.27. The molecule has 1 saturated carbocycles. The Hall–Kier alpha value is -2.27. The van der Waals surface area contributed by atoms with Gasteiger partial charge in [0.15, 0.2) is 0 Å². The summed E-state index contributed by atoms with van der Waals surface area (Å²) in [7, 11) is 1.60. The lowest BCUT2D eigenvalue weighted by Crippen LogP contribution is -1.98. The molecule has 3 aromatic rings. The number of fused-ring (bicyclic) bond motifs is 1. The van der Waals surface area contributed by atoms with E-state index in [1.165, 1.54) is 17.7 Å². The number of pyridine rings is 2. The SMILES string of the molecule is COc1nccc2c(OCc3ccc(SC4CC4)cc3)ccnc12. The van der Waals surface area contributed by atoms with Crippen LogP contribution in [0.5, 0.6) is 11.6 Å². The molecule has 24 heavy (non-hydrogen) atoms. The summed E-state index contributed by atoms with van der Waals surface area (Å²) < 4.78 is 11.3. The van der Waals surface area contributed by atoms with Crippen molar-refractivity contribution < 1.29 is 9.47 Å². The van der Waals surface area contributed by atoms with Crippen molar-refractivity contribution in [3.8, 4) is 11.6 Å². The van der Waals surface area contributed by atoms with E-state index in [-0.39, 0.29) is 0 Å². The minimum Gasteiger partial charge on any atom is -0.488 e. The largest absolute Gasteiger partial charge is 0.488 e. The Morgan fingerprint density at radius 1 is 1.04 bits per heavy atom. The highest BCUT2D eigenvalue weighted by Gasteiger charge is 2.22. The molecule has 0 N–H and O–H groups in total. The monoisotopic (exact) mass is 338 g/mol. The zero-order valence-electron chi connectivity index (χ0n) is 13.4. The second kappa shape index (κ2) is 6.69. The second-order valence-electron chi connectivity index (χ2n) is 5.78. The van der Waals surface area contributed by atoms with Crippen LogP contribution in [0.3, 0.4) is 0 Å². The lowest BCUT2D eigenvalue weighted by atomic mass is 10.2. The van der Waals surface area contributed by atoms with Gasteiger partial charge >= 0.3 is 0 Å². The van der Waals surface area contributed by atoms with E-state index in [2.05, 4.69) is 34.2 Å². The van der Waals surface area contributed by atoms with E-state index >= 15 is 0 Å². The quantitative estimate of drug-likeness (QED) is 0.663. The Kier molecular flexibility index (Phi) is 4.26. The van der Waals surface area contributed by atoms with Crippen molar-refractivity contribution in [2.24, 2.45) is 0 Å². The van der Waals surface area contributed by atoms with Crippen LogP contribution in [0, 0.1) is 0 Å². The van der Waals surface area contributed by atoms with Crippen molar-refractivity contribution in [1.29, 1.82) is 0 Å². The van der Waals surface area contributed by atoms with Crippen molar-refractivity contribution in [2.45, 2.75) is 29.6 Å². The molecule has 0 aliphatic heterocycles. The molecule has 2 heterocycles. The molecule has 1 aromatic carbocycles. The number of rotatable bonds is 6. The molecular formula is C19H18N2O2S. The highest BCUT2D eigenvalue weighted by Crippen LogP contribution is 2.39. The zero-order valence-corrected chi connectivity index (χ0v) is 14.3. The van der Waals surface area contributed by atoms with Gasteiger partial charge in [0.1, 0.15) is 17.9 Å². The molecule has 5 heteroatoms. The van der Waals surface area contributed by atoms with Crippen molar-refractivity contribution in [3.05, 3.63) is 54.4 Å². The Bertz CT molecular complexity index is 848. The summed E-state index contributed by atoms with van der Waals surface area (Å²) in [5.74, 6) is 1.30. The van der Waals surface area contributed by atoms with E-state index in [1.807, 2.05) is 23.9 Å². The molecule has 4 rings (SSSR count). The Morgan fingerprint density at radius 3 is 2.58 bits per heavy atom. The van der Waals surface area contributed by atoms with Gasteiger partial charge in [-0.25, -0.2) is 4.98 Å². The van der Waals surface area contributed by atoms with Gasteiger partial charge in [0.05, 0.1) is 7.11 Å². The number of nitrogens with zero attached hydrogens (tertiary/aromatic N) is 2. The third-order valence-electron chi connectivity index (χ3n) is 3.92. The normalized spacial score (nSPS) is 13.9. The maximum atomic E-state index is 6.01. The molecule has 2 aromatic heterocycles. The Balaban J connectivity index is 1.50. The van der Waals surface area contributed by atoms with Crippen LogP contribution in [-0.4, -0.2) is 22.3 Å². The minimum atomic E-state index is 0.513. The Morgan fingerprint density at radius 2 is 1.83 bits per heavy atom. The van der Waals surface area contributed by atoms with Crippen LogP contribution in [-0.2, 0) is 6.61 Å². The Labute approximate surface area is 145 Å². The molecule has 0 amide bonds. The average Bonchev–Trinajstić information content (AvgIpc) is 3.44. The number of aromatic nitrogens is 2. The summed E-state index contributed by atoms with van der Waals surface area (Å²) in [6, 6.07) is 12.4. The first-order valence-corrected chi connectivity index (χ1v) is 8.87. The van der Waals surface area contributed by atoms with E-state index in [0.29, 0.717) is 18.0 Å². The second-order valence-corrected chi connectivity index (χ2v) is 7.15. The molecule has 1 fully saturated rings. The van der Waals surface area contributed by atoms with Gasteiger partial charge in [0.2, 0.25) is 5.88 Å². The van der Waals surface area contributed by atoms with Gasteiger partial charge in [0, 0.05) is 27.9 Å². The van der Waals surface area contributed by atoms with Crippen LogP contribution in [0.25, 0.3) is 10.9 Å². The highest BCUT2D eigenvalue weighted by atomic mass is 32.2. The topological polar surface area (TPSA) is 44.2 Å². The molecule has 4 nitrogen and oxygen atoms in total. The van der Waals surface area contributed by atoms with E-state index in [1.54, 1.807) is 19.5 Å². The van der Waals surface area contributed by atoms with Crippen molar-refractivity contribution in [2.75, 3.05) is 7.11 Å². The number of hydrogen-bond acceptors (Lipinski definition) is 5.